The Hall–Kier alpha value is -2.94. The van der Waals surface area contributed by atoms with Gasteiger partial charge in [0.15, 0.2) is 11.6 Å². The van der Waals surface area contributed by atoms with Gasteiger partial charge in [0.1, 0.15) is 11.9 Å². The Morgan fingerprint density at radius 1 is 1.26 bits per heavy atom. The summed E-state index contributed by atoms with van der Waals surface area (Å²) in [6.45, 7) is 2.21. The molecule has 3 rings (SSSR count). The summed E-state index contributed by atoms with van der Waals surface area (Å²) in [4.78, 5) is 31.5. The van der Waals surface area contributed by atoms with E-state index in [1.807, 2.05) is 6.92 Å². The molecule has 0 bridgehead atoms. The normalized spacial score (nSPS) is 20.2. The van der Waals surface area contributed by atoms with E-state index in [-0.39, 0.29) is 42.7 Å². The molecule has 0 unspecified atom stereocenters. The molecule has 0 radical (unpaired) electrons. The zero-order valence-electron chi connectivity index (χ0n) is 17.2. The second-order valence-electron chi connectivity index (χ2n) is 7.85. The van der Waals surface area contributed by atoms with Gasteiger partial charge in [-0.15, -0.1) is 0 Å². The van der Waals surface area contributed by atoms with Gasteiger partial charge < -0.3 is 16.0 Å². The summed E-state index contributed by atoms with van der Waals surface area (Å²) >= 11 is 0. The number of pyridine rings is 1. The SMILES string of the molecule is C[C@@H]1CCN(C(=O)C[C@H](N)Cc2cc(F)c(F)cc2F)[C@H](Cc2ccccn2)C(=O)N1. The van der Waals surface area contributed by atoms with Crippen LogP contribution in [-0.2, 0) is 22.4 Å². The van der Waals surface area contributed by atoms with Crippen LogP contribution >= 0.6 is 0 Å². The molecule has 0 aliphatic carbocycles. The third-order valence-electron chi connectivity index (χ3n) is 5.33. The van der Waals surface area contributed by atoms with Crippen molar-refractivity contribution in [1.82, 2.24) is 15.2 Å². The van der Waals surface area contributed by atoms with Crippen LogP contribution in [0.15, 0.2) is 36.5 Å². The second kappa shape index (κ2) is 9.91. The first kappa shape index (κ1) is 22.7. The van der Waals surface area contributed by atoms with Gasteiger partial charge in [-0.05, 0) is 43.5 Å². The van der Waals surface area contributed by atoms with Crippen molar-refractivity contribution in [2.24, 2.45) is 5.73 Å². The van der Waals surface area contributed by atoms with Crippen LogP contribution in [0.4, 0.5) is 13.2 Å². The number of hydrogen-bond acceptors (Lipinski definition) is 4. The van der Waals surface area contributed by atoms with E-state index in [4.69, 9.17) is 5.73 Å². The van der Waals surface area contributed by atoms with Gasteiger partial charge in [0.05, 0.1) is 0 Å². The van der Waals surface area contributed by atoms with E-state index >= 15 is 0 Å². The lowest BCUT2D eigenvalue weighted by atomic mass is 10.0. The predicted molar refractivity (Wildman–Crippen MR) is 108 cm³/mol. The Balaban J connectivity index is 1.73. The first-order chi connectivity index (χ1) is 14.7. The van der Waals surface area contributed by atoms with Crippen molar-refractivity contribution in [1.29, 1.82) is 0 Å². The highest BCUT2D eigenvalue weighted by molar-refractivity contribution is 5.88. The molecular weight excluding hydrogens is 409 g/mol. The predicted octanol–water partition coefficient (Wildman–Crippen LogP) is 2.11. The third kappa shape index (κ3) is 5.81. The van der Waals surface area contributed by atoms with E-state index in [0.717, 1.165) is 6.07 Å². The van der Waals surface area contributed by atoms with Crippen LogP contribution < -0.4 is 11.1 Å². The highest BCUT2D eigenvalue weighted by atomic mass is 19.2. The van der Waals surface area contributed by atoms with Crippen LogP contribution in [0, 0.1) is 17.5 Å². The third-order valence-corrected chi connectivity index (χ3v) is 5.33. The molecule has 1 fully saturated rings. The van der Waals surface area contributed by atoms with Crippen molar-refractivity contribution in [3.63, 3.8) is 0 Å². The van der Waals surface area contributed by atoms with E-state index in [2.05, 4.69) is 10.3 Å². The molecule has 1 aromatic carbocycles. The van der Waals surface area contributed by atoms with Gasteiger partial charge in [-0.25, -0.2) is 13.2 Å². The van der Waals surface area contributed by atoms with Crippen LogP contribution in [0.1, 0.15) is 31.0 Å². The molecule has 166 valence electrons. The number of amides is 2. The fraction of sp³-hybridized carbons (Fsp3) is 0.409. The van der Waals surface area contributed by atoms with Crippen molar-refractivity contribution in [2.75, 3.05) is 6.54 Å². The van der Waals surface area contributed by atoms with E-state index in [1.165, 1.54) is 4.90 Å². The molecule has 0 saturated carbocycles. The molecule has 31 heavy (non-hydrogen) atoms. The van der Waals surface area contributed by atoms with Gasteiger partial charge in [0, 0.05) is 49.4 Å². The van der Waals surface area contributed by atoms with E-state index in [1.54, 1.807) is 24.4 Å². The molecule has 9 heteroatoms. The largest absolute Gasteiger partial charge is 0.352 e. The maximum Gasteiger partial charge on any atom is 0.243 e. The van der Waals surface area contributed by atoms with Gasteiger partial charge in [0.25, 0.3) is 0 Å². The Labute approximate surface area is 178 Å². The Kier molecular flexibility index (Phi) is 7.27. The van der Waals surface area contributed by atoms with Gasteiger partial charge in [-0.2, -0.15) is 0 Å². The highest BCUT2D eigenvalue weighted by Crippen LogP contribution is 2.18. The topological polar surface area (TPSA) is 88.3 Å². The van der Waals surface area contributed by atoms with Crippen LogP contribution in [0.2, 0.25) is 0 Å². The number of halogens is 3. The molecule has 1 aliphatic heterocycles. The minimum atomic E-state index is -1.28. The first-order valence-corrected chi connectivity index (χ1v) is 10.1. The van der Waals surface area contributed by atoms with E-state index in [0.29, 0.717) is 24.7 Å². The zero-order valence-corrected chi connectivity index (χ0v) is 17.2. The number of nitrogens with two attached hydrogens (primary N) is 1. The standard InChI is InChI=1S/C22H25F3N4O2/c1-13-5-7-29(20(22(31)28-13)11-16-4-2-3-6-27-16)21(30)10-15(26)8-14-9-18(24)19(25)12-17(14)23/h2-4,6,9,12-13,15,20H,5,7-8,10-11,26H2,1H3,(H,28,31)/t13-,15-,20-/m1/s1. The minimum absolute atomic E-state index is 0.0958. The monoisotopic (exact) mass is 434 g/mol. The summed E-state index contributed by atoms with van der Waals surface area (Å²) in [7, 11) is 0. The summed E-state index contributed by atoms with van der Waals surface area (Å²) in [6, 6.07) is 4.88. The number of carbonyl (C=O) groups is 2. The van der Waals surface area contributed by atoms with Crippen LogP contribution in [0.5, 0.6) is 0 Å². The highest BCUT2D eigenvalue weighted by Gasteiger charge is 2.34. The van der Waals surface area contributed by atoms with Crippen molar-refractivity contribution < 1.29 is 22.8 Å². The van der Waals surface area contributed by atoms with Crippen molar-refractivity contribution >= 4 is 11.8 Å². The summed E-state index contributed by atoms with van der Waals surface area (Å²) in [5.41, 5.74) is 6.59. The van der Waals surface area contributed by atoms with Gasteiger partial charge in [0.2, 0.25) is 11.8 Å². The van der Waals surface area contributed by atoms with Gasteiger partial charge >= 0.3 is 0 Å². The van der Waals surface area contributed by atoms with Gasteiger partial charge in [-0.3, -0.25) is 14.6 Å². The summed E-state index contributed by atoms with van der Waals surface area (Å²) in [5, 5.41) is 2.89. The summed E-state index contributed by atoms with van der Waals surface area (Å²) in [5.74, 6) is -4.01. The molecule has 0 spiro atoms. The number of aromatic nitrogens is 1. The fourth-order valence-corrected chi connectivity index (χ4v) is 3.68. The first-order valence-electron chi connectivity index (χ1n) is 10.1. The molecular formula is C22H25F3N4O2. The summed E-state index contributed by atoms with van der Waals surface area (Å²) < 4.78 is 40.5. The molecule has 2 aromatic rings. The average Bonchev–Trinajstić information content (AvgIpc) is 2.85. The Morgan fingerprint density at radius 3 is 2.71 bits per heavy atom. The number of rotatable bonds is 6. The van der Waals surface area contributed by atoms with Crippen molar-refractivity contribution in [3.05, 3.63) is 65.2 Å². The lowest BCUT2D eigenvalue weighted by Gasteiger charge is -2.29. The molecule has 1 aliphatic rings. The smallest absolute Gasteiger partial charge is 0.243 e. The number of hydrogen-bond donors (Lipinski definition) is 2. The minimum Gasteiger partial charge on any atom is -0.352 e. The van der Waals surface area contributed by atoms with Crippen molar-refractivity contribution in [3.8, 4) is 0 Å². The maximum atomic E-state index is 13.9. The lowest BCUT2D eigenvalue weighted by Crippen LogP contribution is -2.50. The number of nitrogens with one attached hydrogen (secondary N) is 1. The number of nitrogens with zero attached hydrogens (tertiary/aromatic N) is 2. The average molecular weight is 434 g/mol. The molecule has 3 N–H and O–H groups in total. The molecule has 2 heterocycles. The van der Waals surface area contributed by atoms with E-state index < -0.39 is 29.5 Å². The zero-order chi connectivity index (χ0) is 22.5. The lowest BCUT2D eigenvalue weighted by molar-refractivity contribution is -0.139. The number of benzene rings is 1. The van der Waals surface area contributed by atoms with Crippen LogP contribution in [-0.4, -0.2) is 46.4 Å². The van der Waals surface area contributed by atoms with Gasteiger partial charge in [-0.1, -0.05) is 6.07 Å². The van der Waals surface area contributed by atoms with Crippen molar-refractivity contribution in [2.45, 2.75) is 50.7 Å². The fourth-order valence-electron chi connectivity index (χ4n) is 3.68. The molecule has 3 atom stereocenters. The molecule has 2 amide bonds. The Morgan fingerprint density at radius 2 is 2.00 bits per heavy atom. The second-order valence-corrected chi connectivity index (χ2v) is 7.85. The number of carbonyl (C=O) groups excluding carboxylic acids is 2. The van der Waals surface area contributed by atoms with Crippen LogP contribution in [0.25, 0.3) is 0 Å². The maximum absolute atomic E-state index is 13.9. The quantitative estimate of drug-likeness (QED) is 0.682. The summed E-state index contributed by atoms with van der Waals surface area (Å²) in [6.07, 6.45) is 2.13. The molecule has 1 saturated heterocycles. The Bertz CT molecular complexity index is 942. The van der Waals surface area contributed by atoms with Crippen LogP contribution in [0.3, 0.4) is 0 Å². The molecule has 6 nitrogen and oxygen atoms in total. The van der Waals surface area contributed by atoms with E-state index in [9.17, 15) is 22.8 Å². The molecule has 1 aromatic heterocycles.